The van der Waals surface area contributed by atoms with Crippen LogP contribution >= 0.6 is 0 Å². The Morgan fingerprint density at radius 1 is 1.00 bits per heavy atom. The molecule has 196 valence electrons. The quantitative estimate of drug-likeness (QED) is 0.356. The average Bonchev–Trinajstić information content (AvgIpc) is 2.73. The highest BCUT2D eigenvalue weighted by molar-refractivity contribution is 5.86. The molecule has 0 aromatic carbocycles. The van der Waals surface area contributed by atoms with Crippen LogP contribution in [0.5, 0.6) is 0 Å². The minimum absolute atomic E-state index is 0.138. The lowest BCUT2D eigenvalue weighted by atomic mass is 9.81. The molecule has 0 aliphatic heterocycles. The minimum atomic E-state index is -1.00. The number of rotatable bonds is 11. The molecule has 0 bridgehead atoms. The van der Waals surface area contributed by atoms with Crippen molar-refractivity contribution in [3.8, 4) is 0 Å². The summed E-state index contributed by atoms with van der Waals surface area (Å²) in [6.07, 6.45) is 3.41. The molecule has 0 aromatic heterocycles. The van der Waals surface area contributed by atoms with Gasteiger partial charge in [-0.25, -0.2) is 9.59 Å². The molecular weight excluding hydrogens is 438 g/mol. The highest BCUT2D eigenvalue weighted by Crippen LogP contribution is 2.29. The van der Waals surface area contributed by atoms with Crippen molar-refractivity contribution in [1.82, 2.24) is 16.0 Å². The van der Waals surface area contributed by atoms with E-state index in [1.165, 1.54) is 0 Å². The van der Waals surface area contributed by atoms with E-state index in [-0.39, 0.29) is 35.5 Å². The predicted octanol–water partition coefficient (Wildman–Crippen LogP) is 3.46. The highest BCUT2D eigenvalue weighted by Gasteiger charge is 2.32. The van der Waals surface area contributed by atoms with Crippen molar-refractivity contribution in [1.29, 1.82) is 0 Å². The van der Waals surface area contributed by atoms with Crippen LogP contribution in [0.1, 0.15) is 87.0 Å². The number of amides is 3. The van der Waals surface area contributed by atoms with Gasteiger partial charge in [-0.1, -0.05) is 34.1 Å². The number of carbonyl (C=O) groups is 4. The Morgan fingerprint density at radius 2 is 1.59 bits per heavy atom. The number of hydrogen-bond acceptors (Lipinski definition) is 5. The summed E-state index contributed by atoms with van der Waals surface area (Å²) in [5, 5.41) is 17.7. The lowest BCUT2D eigenvalue weighted by Crippen LogP contribution is -2.50. The molecule has 9 heteroatoms. The number of carboxylic acids is 1. The van der Waals surface area contributed by atoms with E-state index in [9.17, 15) is 24.3 Å². The Bertz CT molecular complexity index is 695. The van der Waals surface area contributed by atoms with E-state index < -0.39 is 29.7 Å². The topological polar surface area (TPSA) is 134 Å². The summed E-state index contributed by atoms with van der Waals surface area (Å²) in [6.45, 7) is 13.5. The number of carbonyl (C=O) groups excluding carboxylic acids is 3. The molecule has 1 fully saturated rings. The SMILES string of the molecule is CC[C@H](C)[C@H](NC(=O)C1CCC(CNC(=O)[C@@H](CC(C)C)NC(=O)OC(C)(C)C)CC1)C(=O)O. The van der Waals surface area contributed by atoms with Crippen molar-refractivity contribution in [2.24, 2.45) is 23.7 Å². The summed E-state index contributed by atoms with van der Waals surface area (Å²) < 4.78 is 5.29. The van der Waals surface area contributed by atoms with Gasteiger partial charge in [0.1, 0.15) is 17.7 Å². The molecular formula is C25H45N3O6. The first-order chi connectivity index (χ1) is 15.7. The van der Waals surface area contributed by atoms with Gasteiger partial charge >= 0.3 is 12.1 Å². The number of nitrogens with one attached hydrogen (secondary N) is 3. The predicted molar refractivity (Wildman–Crippen MR) is 130 cm³/mol. The first-order valence-electron chi connectivity index (χ1n) is 12.5. The van der Waals surface area contributed by atoms with E-state index in [1.807, 2.05) is 27.7 Å². The molecule has 3 atom stereocenters. The van der Waals surface area contributed by atoms with Crippen molar-refractivity contribution in [2.45, 2.75) is 105 Å². The Labute approximate surface area is 204 Å². The number of hydrogen-bond donors (Lipinski definition) is 4. The summed E-state index contributed by atoms with van der Waals surface area (Å²) in [7, 11) is 0. The van der Waals surface area contributed by atoms with Crippen LogP contribution < -0.4 is 16.0 Å². The molecule has 1 aliphatic rings. The molecule has 0 aromatic rings. The monoisotopic (exact) mass is 483 g/mol. The molecule has 3 amide bonds. The molecule has 9 nitrogen and oxygen atoms in total. The Morgan fingerprint density at radius 3 is 2.06 bits per heavy atom. The maximum absolute atomic E-state index is 12.8. The van der Waals surface area contributed by atoms with E-state index in [2.05, 4.69) is 16.0 Å². The van der Waals surface area contributed by atoms with E-state index in [4.69, 9.17) is 4.74 Å². The van der Waals surface area contributed by atoms with Crippen molar-refractivity contribution in [3.05, 3.63) is 0 Å². The zero-order chi connectivity index (χ0) is 26.1. The van der Waals surface area contributed by atoms with Crippen LogP contribution in [0, 0.1) is 23.7 Å². The largest absolute Gasteiger partial charge is 0.480 e. The summed E-state index contributed by atoms with van der Waals surface area (Å²) in [4.78, 5) is 49.0. The van der Waals surface area contributed by atoms with Gasteiger partial charge in [0.2, 0.25) is 11.8 Å². The Kier molecular flexibility index (Phi) is 11.8. The van der Waals surface area contributed by atoms with Gasteiger partial charge in [-0.05, 0) is 70.6 Å². The van der Waals surface area contributed by atoms with Gasteiger partial charge in [0.25, 0.3) is 0 Å². The lowest BCUT2D eigenvalue weighted by Gasteiger charge is -2.30. The number of alkyl carbamates (subject to hydrolysis) is 1. The molecule has 1 rings (SSSR count). The second-order valence-electron chi connectivity index (χ2n) is 11.0. The maximum atomic E-state index is 12.8. The third-order valence-corrected chi connectivity index (χ3v) is 6.27. The molecule has 0 saturated heterocycles. The van der Waals surface area contributed by atoms with Crippen molar-refractivity contribution in [2.75, 3.05) is 6.54 Å². The van der Waals surface area contributed by atoms with Gasteiger partial charge in [-0.3, -0.25) is 9.59 Å². The number of aliphatic carboxylic acids is 1. The molecule has 4 N–H and O–H groups in total. The molecule has 1 saturated carbocycles. The summed E-state index contributed by atoms with van der Waals surface area (Å²) in [6, 6.07) is -1.55. The summed E-state index contributed by atoms with van der Waals surface area (Å²) in [5.74, 6) is -1.34. The van der Waals surface area contributed by atoms with Crippen molar-refractivity contribution < 1.29 is 29.0 Å². The van der Waals surface area contributed by atoms with E-state index in [0.29, 0.717) is 32.2 Å². The van der Waals surface area contributed by atoms with E-state index in [1.54, 1.807) is 20.8 Å². The fraction of sp³-hybridized carbons (Fsp3) is 0.840. The van der Waals surface area contributed by atoms with Crippen LogP contribution in [-0.4, -0.2) is 53.2 Å². The summed E-state index contributed by atoms with van der Waals surface area (Å²) >= 11 is 0. The standard InChI is InChI=1S/C25H45N3O6/c1-8-16(4)20(23(31)32)28-21(29)18-11-9-17(10-12-18)14-26-22(30)19(13-15(2)3)27-24(33)34-25(5,6)7/h15-20H,8-14H2,1-7H3,(H,26,30)(H,27,33)(H,28,29)(H,31,32)/t16-,17?,18?,19+,20-/m0/s1. The van der Waals surface area contributed by atoms with Crippen LogP contribution in [-0.2, 0) is 19.1 Å². The minimum Gasteiger partial charge on any atom is -0.480 e. The zero-order valence-electron chi connectivity index (χ0n) is 21.9. The summed E-state index contributed by atoms with van der Waals surface area (Å²) in [5.41, 5.74) is -0.646. The maximum Gasteiger partial charge on any atom is 0.408 e. The first-order valence-corrected chi connectivity index (χ1v) is 12.5. The normalized spacial score (nSPS) is 21.2. The van der Waals surface area contributed by atoms with E-state index in [0.717, 1.165) is 12.8 Å². The molecule has 0 unspecified atom stereocenters. The molecule has 0 radical (unpaired) electrons. The smallest absolute Gasteiger partial charge is 0.408 e. The zero-order valence-corrected chi connectivity index (χ0v) is 21.9. The van der Waals surface area contributed by atoms with Crippen molar-refractivity contribution >= 4 is 23.9 Å². The lowest BCUT2D eigenvalue weighted by molar-refractivity contribution is -0.144. The van der Waals surface area contributed by atoms with Gasteiger partial charge in [0, 0.05) is 12.5 Å². The van der Waals surface area contributed by atoms with Gasteiger partial charge in [-0.2, -0.15) is 0 Å². The highest BCUT2D eigenvalue weighted by atomic mass is 16.6. The fourth-order valence-electron chi connectivity index (χ4n) is 4.10. The molecule has 0 heterocycles. The van der Waals surface area contributed by atoms with Crippen LogP contribution in [0.25, 0.3) is 0 Å². The van der Waals surface area contributed by atoms with Crippen molar-refractivity contribution in [3.63, 3.8) is 0 Å². The van der Waals surface area contributed by atoms with E-state index >= 15 is 0 Å². The van der Waals surface area contributed by atoms with Gasteiger partial charge in [0.15, 0.2) is 0 Å². The van der Waals surface area contributed by atoms with Gasteiger partial charge in [0.05, 0.1) is 0 Å². The Balaban J connectivity index is 2.54. The van der Waals surface area contributed by atoms with Crippen LogP contribution in [0.3, 0.4) is 0 Å². The van der Waals surface area contributed by atoms with Gasteiger partial charge in [-0.15, -0.1) is 0 Å². The van der Waals surface area contributed by atoms with Gasteiger partial charge < -0.3 is 25.8 Å². The van der Waals surface area contributed by atoms with Crippen LogP contribution in [0.15, 0.2) is 0 Å². The molecule has 34 heavy (non-hydrogen) atoms. The number of ether oxygens (including phenoxy) is 1. The third kappa shape index (κ3) is 10.7. The fourth-order valence-corrected chi connectivity index (χ4v) is 4.10. The molecule has 0 spiro atoms. The second-order valence-corrected chi connectivity index (χ2v) is 11.0. The first kappa shape index (κ1) is 29.7. The number of carboxylic acid groups (broad SMARTS) is 1. The Hall–Kier alpha value is -2.32. The van der Waals surface area contributed by atoms with Crippen LogP contribution in [0.2, 0.25) is 0 Å². The second kappa shape index (κ2) is 13.5. The molecule has 1 aliphatic carbocycles. The van der Waals surface area contributed by atoms with Crippen LogP contribution in [0.4, 0.5) is 4.79 Å². The average molecular weight is 484 g/mol. The third-order valence-electron chi connectivity index (χ3n) is 6.27.